The molecule has 0 amide bonds. The molecule has 92 valence electrons. The van der Waals surface area contributed by atoms with E-state index in [-0.39, 0.29) is 6.10 Å². The lowest BCUT2D eigenvalue weighted by atomic mass is 10.2. The lowest BCUT2D eigenvalue weighted by molar-refractivity contribution is 0.217. The second-order valence-corrected chi connectivity index (χ2v) is 5.34. The quantitative estimate of drug-likeness (QED) is 0.933. The van der Waals surface area contributed by atoms with Gasteiger partial charge in [-0.05, 0) is 24.3 Å². The second kappa shape index (κ2) is 5.87. The van der Waals surface area contributed by atoms with E-state index < -0.39 is 0 Å². The summed E-state index contributed by atoms with van der Waals surface area (Å²) in [6.07, 6.45) is -0.281. The van der Waals surface area contributed by atoms with E-state index in [0.29, 0.717) is 22.2 Å². The van der Waals surface area contributed by atoms with Crippen molar-refractivity contribution in [2.24, 2.45) is 5.73 Å². The van der Waals surface area contributed by atoms with Gasteiger partial charge in [-0.1, -0.05) is 23.7 Å². The highest BCUT2D eigenvalue weighted by molar-refractivity contribution is 7.16. The van der Waals surface area contributed by atoms with Gasteiger partial charge in [0.1, 0.15) is 17.9 Å². The summed E-state index contributed by atoms with van der Waals surface area (Å²) in [6.45, 7) is 0.330. The SMILES string of the molecule is N#Cc1ccccc1OC(CN)c1ccc(Cl)s1. The Labute approximate surface area is 114 Å². The smallest absolute Gasteiger partial charge is 0.145 e. The maximum Gasteiger partial charge on any atom is 0.145 e. The first-order valence-electron chi connectivity index (χ1n) is 5.35. The highest BCUT2D eigenvalue weighted by Gasteiger charge is 2.15. The summed E-state index contributed by atoms with van der Waals surface area (Å²) in [5, 5.41) is 9.00. The van der Waals surface area contributed by atoms with Crippen molar-refractivity contribution in [2.45, 2.75) is 6.10 Å². The molecule has 1 unspecified atom stereocenters. The van der Waals surface area contributed by atoms with Crippen LogP contribution in [0.15, 0.2) is 36.4 Å². The number of benzene rings is 1. The van der Waals surface area contributed by atoms with Crippen LogP contribution in [0.4, 0.5) is 0 Å². The van der Waals surface area contributed by atoms with Crippen LogP contribution in [0.2, 0.25) is 4.34 Å². The maximum absolute atomic E-state index is 9.00. The number of thiophene rings is 1. The van der Waals surface area contributed by atoms with E-state index in [1.54, 1.807) is 18.2 Å². The fourth-order valence-electron chi connectivity index (χ4n) is 1.54. The molecular weight excluding hydrogens is 268 g/mol. The normalized spacial score (nSPS) is 11.8. The van der Waals surface area contributed by atoms with Crippen molar-refractivity contribution in [3.63, 3.8) is 0 Å². The number of hydrogen-bond donors (Lipinski definition) is 1. The van der Waals surface area contributed by atoms with Crippen LogP contribution in [0.3, 0.4) is 0 Å². The van der Waals surface area contributed by atoms with Crippen molar-refractivity contribution < 1.29 is 4.74 Å². The molecule has 0 radical (unpaired) electrons. The number of hydrogen-bond acceptors (Lipinski definition) is 4. The van der Waals surface area contributed by atoms with E-state index in [1.165, 1.54) is 11.3 Å². The Balaban J connectivity index is 2.23. The van der Waals surface area contributed by atoms with Crippen LogP contribution in [-0.4, -0.2) is 6.54 Å². The average Bonchev–Trinajstić information content (AvgIpc) is 2.83. The van der Waals surface area contributed by atoms with Gasteiger partial charge in [-0.25, -0.2) is 0 Å². The van der Waals surface area contributed by atoms with E-state index in [9.17, 15) is 0 Å². The number of nitrogens with two attached hydrogens (primary N) is 1. The molecule has 0 saturated carbocycles. The van der Waals surface area contributed by atoms with Gasteiger partial charge in [-0.15, -0.1) is 11.3 Å². The van der Waals surface area contributed by atoms with Crippen LogP contribution in [0, 0.1) is 11.3 Å². The number of para-hydroxylation sites is 1. The van der Waals surface area contributed by atoms with Gasteiger partial charge in [0.05, 0.1) is 9.90 Å². The van der Waals surface area contributed by atoms with Crippen LogP contribution in [-0.2, 0) is 0 Å². The Hall–Kier alpha value is -1.54. The van der Waals surface area contributed by atoms with Crippen LogP contribution in [0.25, 0.3) is 0 Å². The zero-order valence-corrected chi connectivity index (χ0v) is 11.0. The van der Waals surface area contributed by atoms with Crippen LogP contribution < -0.4 is 10.5 Å². The van der Waals surface area contributed by atoms with Crippen molar-refractivity contribution in [2.75, 3.05) is 6.54 Å². The van der Waals surface area contributed by atoms with Crippen molar-refractivity contribution >= 4 is 22.9 Å². The standard InChI is InChI=1S/C13H11ClN2OS/c14-13-6-5-12(18-13)11(8-16)17-10-4-2-1-3-9(10)7-15/h1-6,11H,8,16H2. The Morgan fingerprint density at radius 1 is 1.33 bits per heavy atom. The number of halogens is 1. The molecule has 3 nitrogen and oxygen atoms in total. The number of rotatable bonds is 4. The molecule has 0 saturated heterocycles. The molecule has 5 heteroatoms. The summed E-state index contributed by atoms with van der Waals surface area (Å²) in [5.74, 6) is 0.542. The summed E-state index contributed by atoms with van der Waals surface area (Å²) >= 11 is 7.32. The predicted molar refractivity (Wildman–Crippen MR) is 72.9 cm³/mol. The van der Waals surface area contributed by atoms with Crippen LogP contribution >= 0.6 is 22.9 Å². The molecule has 1 aromatic carbocycles. The van der Waals surface area contributed by atoms with Gasteiger partial charge in [0, 0.05) is 11.4 Å². The van der Waals surface area contributed by atoms with Crippen LogP contribution in [0.1, 0.15) is 16.5 Å². The Morgan fingerprint density at radius 2 is 2.11 bits per heavy atom. The van der Waals surface area contributed by atoms with Gasteiger partial charge in [0.25, 0.3) is 0 Å². The third-order valence-electron chi connectivity index (χ3n) is 2.40. The minimum atomic E-state index is -0.281. The molecule has 1 aromatic heterocycles. The molecule has 0 aliphatic heterocycles. The Morgan fingerprint density at radius 3 is 2.72 bits per heavy atom. The minimum absolute atomic E-state index is 0.281. The molecule has 18 heavy (non-hydrogen) atoms. The highest BCUT2D eigenvalue weighted by atomic mass is 35.5. The Kier molecular flexibility index (Phi) is 4.21. The first kappa shape index (κ1) is 12.9. The van der Waals surface area contributed by atoms with Crippen molar-refractivity contribution in [3.05, 3.63) is 51.2 Å². The molecule has 0 bridgehead atoms. The lowest BCUT2D eigenvalue weighted by Gasteiger charge is -2.16. The molecule has 0 aliphatic rings. The fraction of sp³-hybridized carbons (Fsp3) is 0.154. The molecule has 0 aliphatic carbocycles. The number of nitriles is 1. The maximum atomic E-state index is 9.00. The third-order valence-corrected chi connectivity index (χ3v) is 3.73. The average molecular weight is 279 g/mol. The highest BCUT2D eigenvalue weighted by Crippen LogP contribution is 2.30. The summed E-state index contributed by atoms with van der Waals surface area (Å²) in [5.41, 5.74) is 6.21. The van der Waals surface area contributed by atoms with Gasteiger partial charge < -0.3 is 10.5 Å². The fourth-order valence-corrected chi connectivity index (χ4v) is 2.64. The summed E-state index contributed by atoms with van der Waals surface area (Å²) in [7, 11) is 0. The van der Waals surface area contributed by atoms with Gasteiger partial charge in [-0.3, -0.25) is 0 Å². The van der Waals surface area contributed by atoms with Gasteiger partial charge >= 0.3 is 0 Å². The molecule has 0 fully saturated rings. The second-order valence-electron chi connectivity index (χ2n) is 3.59. The molecule has 2 rings (SSSR count). The third kappa shape index (κ3) is 2.82. The predicted octanol–water partition coefficient (Wildman–Crippen LogP) is 3.35. The Bertz CT molecular complexity index is 576. The summed E-state index contributed by atoms with van der Waals surface area (Å²) in [6, 6.07) is 12.9. The molecule has 2 aromatic rings. The molecule has 1 atom stereocenters. The van der Waals surface area contributed by atoms with Crippen molar-refractivity contribution in [1.82, 2.24) is 0 Å². The summed E-state index contributed by atoms with van der Waals surface area (Å²) < 4.78 is 6.48. The van der Waals surface area contributed by atoms with Gasteiger partial charge in [0.15, 0.2) is 0 Å². The van der Waals surface area contributed by atoms with E-state index in [0.717, 1.165) is 4.88 Å². The van der Waals surface area contributed by atoms with E-state index >= 15 is 0 Å². The number of nitrogens with zero attached hydrogens (tertiary/aromatic N) is 1. The van der Waals surface area contributed by atoms with Crippen LogP contribution in [0.5, 0.6) is 5.75 Å². The first-order valence-corrected chi connectivity index (χ1v) is 6.55. The largest absolute Gasteiger partial charge is 0.482 e. The molecule has 1 heterocycles. The molecular formula is C13H11ClN2OS. The molecule has 0 spiro atoms. The zero-order chi connectivity index (χ0) is 13.0. The van der Waals surface area contributed by atoms with E-state index in [4.69, 9.17) is 27.3 Å². The van der Waals surface area contributed by atoms with Gasteiger partial charge in [0.2, 0.25) is 0 Å². The zero-order valence-electron chi connectivity index (χ0n) is 9.47. The lowest BCUT2D eigenvalue weighted by Crippen LogP contribution is -2.17. The van der Waals surface area contributed by atoms with Gasteiger partial charge in [-0.2, -0.15) is 5.26 Å². The summed E-state index contributed by atoms with van der Waals surface area (Å²) in [4.78, 5) is 0.954. The van der Waals surface area contributed by atoms with Crippen molar-refractivity contribution in [1.29, 1.82) is 5.26 Å². The minimum Gasteiger partial charge on any atom is -0.482 e. The molecule has 2 N–H and O–H groups in total. The number of ether oxygens (including phenoxy) is 1. The topological polar surface area (TPSA) is 59.0 Å². The van der Waals surface area contributed by atoms with E-state index in [1.807, 2.05) is 18.2 Å². The van der Waals surface area contributed by atoms with E-state index in [2.05, 4.69) is 6.07 Å². The van der Waals surface area contributed by atoms with Crippen molar-refractivity contribution in [3.8, 4) is 11.8 Å². The monoisotopic (exact) mass is 278 g/mol. The first-order chi connectivity index (χ1) is 8.74.